The highest BCUT2D eigenvalue weighted by atomic mass is 19.3. The molecule has 3 N–H and O–H groups in total. The van der Waals surface area contributed by atoms with Crippen molar-refractivity contribution in [2.24, 2.45) is 0 Å². The molecule has 1 saturated heterocycles. The molecule has 132 valence electrons. The number of carbonyl (C=O) groups is 1. The van der Waals surface area contributed by atoms with Gasteiger partial charge in [-0.25, -0.2) is 0 Å². The van der Waals surface area contributed by atoms with Crippen LogP contribution >= 0.6 is 0 Å². The monoisotopic (exact) mass is 347 g/mol. The van der Waals surface area contributed by atoms with Gasteiger partial charge in [0.15, 0.2) is 0 Å². The van der Waals surface area contributed by atoms with E-state index in [0.29, 0.717) is 12.6 Å². The van der Waals surface area contributed by atoms with Crippen LogP contribution in [0.4, 0.5) is 8.78 Å². The molecule has 0 bridgehead atoms. The van der Waals surface area contributed by atoms with Gasteiger partial charge in [0.25, 0.3) is 5.91 Å². The summed E-state index contributed by atoms with van der Waals surface area (Å²) in [5, 5.41) is 2.73. The second-order valence-corrected chi connectivity index (χ2v) is 5.71. The van der Waals surface area contributed by atoms with E-state index in [1.54, 1.807) is 12.1 Å². The van der Waals surface area contributed by atoms with Gasteiger partial charge in [-0.2, -0.15) is 8.78 Å². The number of amides is 1. The van der Waals surface area contributed by atoms with Crippen molar-refractivity contribution < 1.29 is 18.3 Å². The lowest BCUT2D eigenvalue weighted by Crippen LogP contribution is -2.25. The van der Waals surface area contributed by atoms with E-state index < -0.39 is 12.5 Å². The lowest BCUT2D eigenvalue weighted by molar-refractivity contribution is -0.0501. The van der Waals surface area contributed by atoms with Crippen molar-refractivity contribution in [1.82, 2.24) is 16.2 Å². The Balaban J connectivity index is 1.60. The Morgan fingerprint density at radius 1 is 1.20 bits per heavy atom. The highest BCUT2D eigenvalue weighted by Crippen LogP contribution is 2.21. The molecule has 2 aromatic rings. The standard InChI is InChI=1S/C18H19F2N3O2/c19-18(20)25-16-4-2-1-3-14(16)17(24)21-11-12-5-7-13(8-6-12)15-9-10-22-23-15/h1-8,15,18,22-23H,9-11H2,(H,21,24). The average Bonchev–Trinajstić information content (AvgIpc) is 3.15. The molecule has 0 saturated carbocycles. The molecule has 2 aromatic carbocycles. The third kappa shape index (κ3) is 4.52. The Labute approximate surface area is 144 Å². The van der Waals surface area contributed by atoms with E-state index in [2.05, 4.69) is 20.9 Å². The maximum atomic E-state index is 12.4. The van der Waals surface area contributed by atoms with Crippen molar-refractivity contribution >= 4 is 5.91 Å². The molecule has 1 atom stereocenters. The van der Waals surface area contributed by atoms with Crippen molar-refractivity contribution in [3.63, 3.8) is 0 Å². The van der Waals surface area contributed by atoms with Gasteiger partial charge in [0.05, 0.1) is 5.56 Å². The molecule has 0 spiro atoms. The number of hydrogen-bond donors (Lipinski definition) is 3. The number of halogens is 2. The Morgan fingerprint density at radius 3 is 2.64 bits per heavy atom. The first kappa shape index (κ1) is 17.3. The third-order valence-electron chi connectivity index (χ3n) is 4.02. The van der Waals surface area contributed by atoms with Crippen LogP contribution in [-0.2, 0) is 6.54 Å². The average molecular weight is 347 g/mol. The predicted octanol–water partition coefficient (Wildman–Crippen LogP) is 2.76. The number of hydrazine groups is 1. The number of benzene rings is 2. The zero-order valence-electron chi connectivity index (χ0n) is 13.5. The third-order valence-corrected chi connectivity index (χ3v) is 4.02. The van der Waals surface area contributed by atoms with Gasteiger partial charge >= 0.3 is 6.61 Å². The SMILES string of the molecule is O=C(NCc1ccc(C2CCNN2)cc1)c1ccccc1OC(F)F. The Kier molecular flexibility index (Phi) is 5.57. The molecule has 7 heteroatoms. The van der Waals surface area contributed by atoms with Gasteiger partial charge in [0, 0.05) is 19.1 Å². The minimum atomic E-state index is -2.97. The van der Waals surface area contributed by atoms with Crippen LogP contribution in [-0.4, -0.2) is 19.1 Å². The first-order valence-corrected chi connectivity index (χ1v) is 8.03. The van der Waals surface area contributed by atoms with Gasteiger partial charge in [0.2, 0.25) is 0 Å². The smallest absolute Gasteiger partial charge is 0.387 e. The minimum Gasteiger partial charge on any atom is -0.434 e. The van der Waals surface area contributed by atoms with E-state index in [1.807, 2.05) is 24.3 Å². The quantitative estimate of drug-likeness (QED) is 0.752. The summed E-state index contributed by atoms with van der Waals surface area (Å²) in [6.45, 7) is -1.73. The number of para-hydroxylation sites is 1. The Bertz CT molecular complexity index is 717. The van der Waals surface area contributed by atoms with E-state index in [9.17, 15) is 13.6 Å². The van der Waals surface area contributed by atoms with Crippen LogP contribution in [0.15, 0.2) is 48.5 Å². The Morgan fingerprint density at radius 2 is 1.96 bits per heavy atom. The molecule has 1 amide bonds. The van der Waals surface area contributed by atoms with E-state index in [4.69, 9.17) is 0 Å². The number of alkyl halides is 2. The van der Waals surface area contributed by atoms with Gasteiger partial charge in [-0.15, -0.1) is 0 Å². The van der Waals surface area contributed by atoms with Gasteiger partial charge in [-0.05, 0) is 29.7 Å². The Hall–Kier alpha value is -2.51. The molecule has 25 heavy (non-hydrogen) atoms. The lowest BCUT2D eigenvalue weighted by atomic mass is 10.0. The fourth-order valence-electron chi connectivity index (χ4n) is 2.73. The summed E-state index contributed by atoms with van der Waals surface area (Å²) in [4.78, 5) is 12.2. The highest BCUT2D eigenvalue weighted by molar-refractivity contribution is 5.96. The number of hydrogen-bond acceptors (Lipinski definition) is 4. The summed E-state index contributed by atoms with van der Waals surface area (Å²) in [6.07, 6.45) is 1.02. The second kappa shape index (κ2) is 8.04. The largest absolute Gasteiger partial charge is 0.434 e. The van der Waals surface area contributed by atoms with Crippen LogP contribution in [0, 0.1) is 0 Å². The second-order valence-electron chi connectivity index (χ2n) is 5.71. The summed E-state index contributed by atoms with van der Waals surface area (Å²) in [5.41, 5.74) is 8.47. The van der Waals surface area contributed by atoms with Crippen LogP contribution in [0.2, 0.25) is 0 Å². The zero-order valence-corrected chi connectivity index (χ0v) is 13.5. The van der Waals surface area contributed by atoms with Crippen LogP contribution in [0.25, 0.3) is 0 Å². The van der Waals surface area contributed by atoms with E-state index in [0.717, 1.165) is 18.5 Å². The lowest BCUT2D eigenvalue weighted by Gasteiger charge is -2.12. The van der Waals surface area contributed by atoms with E-state index >= 15 is 0 Å². The van der Waals surface area contributed by atoms with Crippen molar-refractivity contribution in [1.29, 1.82) is 0 Å². The summed E-state index contributed by atoms with van der Waals surface area (Å²) >= 11 is 0. The minimum absolute atomic E-state index is 0.0839. The fourth-order valence-corrected chi connectivity index (χ4v) is 2.73. The molecular formula is C18H19F2N3O2. The molecule has 1 aliphatic heterocycles. The van der Waals surface area contributed by atoms with Crippen molar-refractivity contribution in [3.8, 4) is 5.75 Å². The summed E-state index contributed by atoms with van der Waals surface area (Å²) in [5.74, 6) is -0.591. The highest BCUT2D eigenvalue weighted by Gasteiger charge is 2.16. The molecule has 1 aliphatic rings. The first-order chi connectivity index (χ1) is 12.1. The number of ether oxygens (including phenoxy) is 1. The summed E-state index contributed by atoms with van der Waals surface area (Å²) < 4.78 is 29.2. The summed E-state index contributed by atoms with van der Waals surface area (Å²) in [6, 6.07) is 14.1. The van der Waals surface area contributed by atoms with Gasteiger partial charge in [0.1, 0.15) is 5.75 Å². The maximum Gasteiger partial charge on any atom is 0.387 e. The fraction of sp³-hybridized carbons (Fsp3) is 0.278. The van der Waals surface area contributed by atoms with E-state index in [1.165, 1.54) is 17.7 Å². The zero-order chi connectivity index (χ0) is 17.6. The summed E-state index contributed by atoms with van der Waals surface area (Å²) in [7, 11) is 0. The molecule has 1 fully saturated rings. The number of carbonyl (C=O) groups excluding carboxylic acids is 1. The van der Waals surface area contributed by atoms with Crippen molar-refractivity contribution in [2.45, 2.75) is 25.6 Å². The van der Waals surface area contributed by atoms with Gasteiger partial charge in [-0.3, -0.25) is 15.6 Å². The molecule has 0 aromatic heterocycles. The first-order valence-electron chi connectivity index (χ1n) is 8.03. The molecule has 3 rings (SSSR count). The number of nitrogens with one attached hydrogen (secondary N) is 3. The number of rotatable bonds is 6. The molecular weight excluding hydrogens is 328 g/mol. The van der Waals surface area contributed by atoms with Crippen LogP contribution in [0.1, 0.15) is 33.9 Å². The molecule has 5 nitrogen and oxygen atoms in total. The molecule has 0 radical (unpaired) electrons. The van der Waals surface area contributed by atoms with Gasteiger partial charge in [-0.1, -0.05) is 36.4 Å². The topological polar surface area (TPSA) is 62.4 Å². The van der Waals surface area contributed by atoms with Crippen molar-refractivity contribution in [3.05, 3.63) is 65.2 Å². The molecule has 1 unspecified atom stereocenters. The van der Waals surface area contributed by atoms with Crippen LogP contribution in [0.5, 0.6) is 5.75 Å². The normalized spacial score (nSPS) is 16.8. The molecule has 1 heterocycles. The van der Waals surface area contributed by atoms with Crippen LogP contribution < -0.4 is 20.9 Å². The van der Waals surface area contributed by atoms with E-state index in [-0.39, 0.29) is 11.3 Å². The van der Waals surface area contributed by atoms with Crippen LogP contribution in [0.3, 0.4) is 0 Å². The maximum absolute atomic E-state index is 12.4. The molecule has 0 aliphatic carbocycles. The van der Waals surface area contributed by atoms with Crippen molar-refractivity contribution in [2.75, 3.05) is 6.54 Å². The predicted molar refractivity (Wildman–Crippen MR) is 89.2 cm³/mol. The van der Waals surface area contributed by atoms with Gasteiger partial charge < -0.3 is 10.1 Å².